The van der Waals surface area contributed by atoms with E-state index in [2.05, 4.69) is 14.9 Å². The Labute approximate surface area is 162 Å². The van der Waals surface area contributed by atoms with Crippen LogP contribution in [0.4, 0.5) is 0 Å². The quantitative estimate of drug-likeness (QED) is 0.692. The van der Waals surface area contributed by atoms with E-state index in [1.807, 2.05) is 0 Å². The molecule has 0 radical (unpaired) electrons. The van der Waals surface area contributed by atoms with Gasteiger partial charge in [-0.2, -0.15) is 0 Å². The summed E-state index contributed by atoms with van der Waals surface area (Å²) in [5.41, 5.74) is 0.623. The van der Waals surface area contributed by atoms with Crippen LogP contribution < -0.4 is 19.5 Å². The van der Waals surface area contributed by atoms with Gasteiger partial charge in [0, 0.05) is 45.3 Å². The summed E-state index contributed by atoms with van der Waals surface area (Å²) in [7, 11) is -0.565. The fraction of sp³-hybridized carbons (Fsp3) is 0.600. The van der Waals surface area contributed by atoms with Crippen LogP contribution in [-0.2, 0) is 10.0 Å². The number of hydrogen-bond donors (Lipinski definition) is 2. The summed E-state index contributed by atoms with van der Waals surface area (Å²) >= 11 is 0. The van der Waals surface area contributed by atoms with Gasteiger partial charge in [0.1, 0.15) is 0 Å². The van der Waals surface area contributed by atoms with Crippen LogP contribution in [0.5, 0.6) is 11.5 Å². The highest BCUT2D eigenvalue weighted by atomic mass is 35.5. The van der Waals surface area contributed by atoms with Crippen molar-refractivity contribution in [2.75, 3.05) is 53.5 Å². The van der Waals surface area contributed by atoms with E-state index in [1.165, 1.54) is 20.3 Å². The van der Waals surface area contributed by atoms with Gasteiger partial charge in [0.2, 0.25) is 10.0 Å². The molecule has 7 nitrogen and oxygen atoms in total. The number of hydrogen-bond acceptors (Lipinski definition) is 6. The topological polar surface area (TPSA) is 79.9 Å². The Morgan fingerprint density at radius 2 is 1.68 bits per heavy atom. The highest BCUT2D eigenvalue weighted by Gasteiger charge is 2.20. The number of ether oxygens (including phenoxy) is 2. The van der Waals surface area contributed by atoms with Gasteiger partial charge >= 0.3 is 0 Å². The first-order chi connectivity index (χ1) is 11.0. The van der Waals surface area contributed by atoms with Crippen molar-refractivity contribution in [3.8, 4) is 11.5 Å². The molecule has 0 aliphatic carbocycles. The number of aryl methyl sites for hydroxylation is 1. The van der Waals surface area contributed by atoms with Gasteiger partial charge in [-0.05, 0) is 18.6 Å². The molecule has 0 unspecified atom stereocenters. The molecule has 2 N–H and O–H groups in total. The first-order valence-electron chi connectivity index (χ1n) is 7.63. The van der Waals surface area contributed by atoms with E-state index >= 15 is 0 Å². The monoisotopic (exact) mass is 415 g/mol. The van der Waals surface area contributed by atoms with Crippen LogP contribution in [0.1, 0.15) is 5.56 Å². The Hall–Kier alpha value is -0.770. The lowest BCUT2D eigenvalue weighted by Gasteiger charge is -2.27. The molecule has 0 saturated carbocycles. The predicted octanol–water partition coefficient (Wildman–Crippen LogP) is 1.04. The Balaban J connectivity index is 0.00000288. The van der Waals surface area contributed by atoms with Crippen LogP contribution in [0.15, 0.2) is 17.0 Å². The van der Waals surface area contributed by atoms with Gasteiger partial charge in [-0.15, -0.1) is 24.8 Å². The first-order valence-corrected chi connectivity index (χ1v) is 9.11. The largest absolute Gasteiger partial charge is 0.493 e. The third-order valence-corrected chi connectivity index (χ3v) is 5.50. The Morgan fingerprint density at radius 3 is 2.24 bits per heavy atom. The Kier molecular flexibility index (Phi) is 10.7. The van der Waals surface area contributed by atoms with Crippen LogP contribution in [0.25, 0.3) is 0 Å². The molecule has 0 bridgehead atoms. The lowest BCUT2D eigenvalue weighted by Crippen LogP contribution is -2.46. The van der Waals surface area contributed by atoms with Gasteiger partial charge in [-0.3, -0.25) is 4.90 Å². The maximum absolute atomic E-state index is 12.5. The number of rotatable bonds is 7. The highest BCUT2D eigenvalue weighted by molar-refractivity contribution is 7.89. The summed E-state index contributed by atoms with van der Waals surface area (Å²) in [6.07, 6.45) is 0. The molecule has 1 aromatic rings. The van der Waals surface area contributed by atoms with Gasteiger partial charge in [0.05, 0.1) is 19.1 Å². The van der Waals surface area contributed by atoms with E-state index in [0.29, 0.717) is 30.2 Å². The van der Waals surface area contributed by atoms with Gasteiger partial charge in [-0.25, -0.2) is 13.1 Å². The van der Waals surface area contributed by atoms with Crippen LogP contribution in [0, 0.1) is 6.92 Å². The lowest BCUT2D eigenvalue weighted by atomic mass is 10.2. The normalized spacial score (nSPS) is 15.0. The van der Waals surface area contributed by atoms with Crippen LogP contribution >= 0.6 is 24.8 Å². The van der Waals surface area contributed by atoms with Gasteiger partial charge in [-0.1, -0.05) is 0 Å². The first kappa shape index (κ1) is 24.2. The minimum atomic E-state index is -3.58. The number of methoxy groups -OCH3 is 2. The van der Waals surface area contributed by atoms with Crippen molar-refractivity contribution < 1.29 is 17.9 Å². The van der Waals surface area contributed by atoms with Gasteiger partial charge in [0.25, 0.3) is 0 Å². The summed E-state index contributed by atoms with van der Waals surface area (Å²) in [5.74, 6) is 0.922. The van der Waals surface area contributed by atoms with Gasteiger partial charge < -0.3 is 14.8 Å². The molecule has 0 amide bonds. The summed E-state index contributed by atoms with van der Waals surface area (Å²) in [4.78, 5) is 2.45. The number of piperazine rings is 1. The average Bonchev–Trinajstić information content (AvgIpc) is 2.55. The molecule has 1 fully saturated rings. The molecule has 1 aliphatic rings. The van der Waals surface area contributed by atoms with E-state index in [9.17, 15) is 8.42 Å². The summed E-state index contributed by atoms with van der Waals surface area (Å²) in [5, 5.41) is 3.27. The zero-order valence-electron chi connectivity index (χ0n) is 14.7. The molecular formula is C15H27Cl2N3O4S. The summed E-state index contributed by atoms with van der Waals surface area (Å²) < 4.78 is 38.1. The standard InChI is InChI=1S/C15H25N3O4S.2ClH/c1-12-10-13(21-2)14(22-3)11-15(12)23(19,20)17-6-9-18-7-4-16-5-8-18;;/h10-11,16-17H,4-9H2,1-3H3;2*1H. The molecule has 10 heteroatoms. The lowest BCUT2D eigenvalue weighted by molar-refractivity contribution is 0.245. The zero-order chi connectivity index (χ0) is 16.9. The Bertz CT molecular complexity index is 638. The van der Waals surface area contributed by atoms with Gasteiger partial charge in [0.15, 0.2) is 11.5 Å². The third-order valence-electron chi connectivity index (χ3n) is 3.90. The minimum absolute atomic E-state index is 0. The van der Waals surface area contributed by atoms with E-state index < -0.39 is 10.0 Å². The van der Waals surface area contributed by atoms with E-state index in [1.54, 1.807) is 13.0 Å². The van der Waals surface area contributed by atoms with Crippen molar-refractivity contribution in [1.29, 1.82) is 0 Å². The third kappa shape index (κ3) is 6.47. The Morgan fingerprint density at radius 1 is 1.12 bits per heavy atom. The molecule has 25 heavy (non-hydrogen) atoms. The molecule has 1 aromatic carbocycles. The highest BCUT2D eigenvalue weighted by Crippen LogP contribution is 2.32. The number of nitrogens with one attached hydrogen (secondary N) is 2. The van der Waals surface area contributed by atoms with E-state index in [0.717, 1.165) is 26.2 Å². The molecule has 146 valence electrons. The van der Waals surface area contributed by atoms with Crippen molar-refractivity contribution in [3.05, 3.63) is 17.7 Å². The van der Waals surface area contributed by atoms with Crippen molar-refractivity contribution >= 4 is 34.8 Å². The average molecular weight is 416 g/mol. The zero-order valence-corrected chi connectivity index (χ0v) is 17.2. The maximum Gasteiger partial charge on any atom is 0.241 e. The van der Waals surface area contributed by atoms with E-state index in [4.69, 9.17) is 9.47 Å². The minimum Gasteiger partial charge on any atom is -0.493 e. The molecule has 1 saturated heterocycles. The number of benzene rings is 1. The van der Waals surface area contributed by atoms with Crippen molar-refractivity contribution in [2.45, 2.75) is 11.8 Å². The molecule has 0 aromatic heterocycles. The second-order valence-corrected chi connectivity index (χ2v) is 7.20. The van der Waals surface area contributed by atoms with Crippen LogP contribution in [-0.4, -0.2) is 66.8 Å². The number of nitrogens with zero attached hydrogens (tertiary/aromatic N) is 1. The molecular weight excluding hydrogens is 389 g/mol. The van der Waals surface area contributed by atoms with Crippen LogP contribution in [0.3, 0.4) is 0 Å². The molecule has 1 aliphatic heterocycles. The van der Waals surface area contributed by atoms with Crippen molar-refractivity contribution in [1.82, 2.24) is 14.9 Å². The second-order valence-electron chi connectivity index (χ2n) is 5.46. The fourth-order valence-corrected chi connectivity index (χ4v) is 3.86. The summed E-state index contributed by atoms with van der Waals surface area (Å²) in [6, 6.07) is 3.17. The molecule has 2 rings (SSSR count). The smallest absolute Gasteiger partial charge is 0.241 e. The van der Waals surface area contributed by atoms with Crippen molar-refractivity contribution in [2.24, 2.45) is 0 Å². The number of halogens is 2. The maximum atomic E-state index is 12.5. The van der Waals surface area contributed by atoms with E-state index in [-0.39, 0.29) is 29.7 Å². The van der Waals surface area contributed by atoms with Crippen LogP contribution in [0.2, 0.25) is 0 Å². The molecule has 0 spiro atoms. The predicted molar refractivity (Wildman–Crippen MR) is 103 cm³/mol. The fourth-order valence-electron chi connectivity index (χ4n) is 2.60. The second kappa shape index (κ2) is 11.1. The SMILES string of the molecule is COc1cc(C)c(S(=O)(=O)NCCN2CCNCC2)cc1OC.Cl.Cl. The molecule has 0 atom stereocenters. The summed E-state index contributed by atoms with van der Waals surface area (Å²) in [6.45, 7) is 6.60. The van der Waals surface area contributed by atoms with Crippen molar-refractivity contribution in [3.63, 3.8) is 0 Å². The number of sulfonamides is 1. The molecule has 1 heterocycles.